The minimum absolute atomic E-state index is 0.726. The zero-order valence-electron chi connectivity index (χ0n) is 12.0. The number of rotatable bonds is 2. The molecule has 0 bridgehead atoms. The van der Waals surface area contributed by atoms with Gasteiger partial charge in [-0.25, -0.2) is 0 Å². The summed E-state index contributed by atoms with van der Waals surface area (Å²) in [6.07, 6.45) is 0. The summed E-state index contributed by atoms with van der Waals surface area (Å²) in [6, 6.07) is 15.6. The topological polar surface area (TPSA) is 35.2 Å². The van der Waals surface area contributed by atoms with Gasteiger partial charge < -0.3 is 10.5 Å². The van der Waals surface area contributed by atoms with Gasteiger partial charge in [-0.15, -0.1) is 0 Å². The maximum absolute atomic E-state index is 6.24. The predicted molar refractivity (Wildman–Crippen MR) is 89.4 cm³/mol. The van der Waals surface area contributed by atoms with Gasteiger partial charge in [0.1, 0.15) is 11.5 Å². The lowest BCUT2D eigenvalue weighted by Gasteiger charge is -2.14. The van der Waals surface area contributed by atoms with E-state index in [4.69, 9.17) is 22.1 Å². The van der Waals surface area contributed by atoms with E-state index >= 15 is 0 Å². The zero-order valence-corrected chi connectivity index (χ0v) is 12.7. The molecule has 3 aromatic carbocycles. The van der Waals surface area contributed by atoms with Gasteiger partial charge in [0, 0.05) is 21.5 Å². The van der Waals surface area contributed by atoms with Crippen molar-refractivity contribution < 1.29 is 4.74 Å². The Hall–Kier alpha value is -2.19. The van der Waals surface area contributed by atoms with Crippen molar-refractivity contribution in [2.45, 2.75) is 13.8 Å². The molecule has 3 heteroatoms. The van der Waals surface area contributed by atoms with Crippen LogP contribution in [0.3, 0.4) is 0 Å². The van der Waals surface area contributed by atoms with Crippen LogP contribution in [0.5, 0.6) is 11.5 Å². The summed E-state index contributed by atoms with van der Waals surface area (Å²) in [7, 11) is 0. The Morgan fingerprint density at radius 1 is 0.905 bits per heavy atom. The Balaban J connectivity index is 2.13. The number of halogens is 1. The smallest absolute Gasteiger partial charge is 0.135 e. The van der Waals surface area contributed by atoms with Gasteiger partial charge in [-0.3, -0.25) is 0 Å². The molecule has 3 aromatic rings. The second-order valence-corrected chi connectivity index (χ2v) is 5.58. The highest BCUT2D eigenvalue weighted by Crippen LogP contribution is 2.36. The van der Waals surface area contributed by atoms with Crippen molar-refractivity contribution in [2.75, 3.05) is 5.73 Å². The summed E-state index contributed by atoms with van der Waals surface area (Å²) in [5, 5.41) is 2.71. The molecule has 0 unspecified atom stereocenters. The summed E-state index contributed by atoms with van der Waals surface area (Å²) in [5.41, 5.74) is 8.65. The molecular weight excluding hydrogens is 282 g/mol. The molecule has 0 saturated carbocycles. The van der Waals surface area contributed by atoms with Crippen LogP contribution in [-0.2, 0) is 0 Å². The average molecular weight is 298 g/mol. The molecule has 0 saturated heterocycles. The number of anilines is 1. The van der Waals surface area contributed by atoms with Gasteiger partial charge >= 0.3 is 0 Å². The Labute approximate surface area is 129 Å². The first-order valence-electron chi connectivity index (χ1n) is 6.78. The van der Waals surface area contributed by atoms with E-state index in [0.717, 1.165) is 44.1 Å². The van der Waals surface area contributed by atoms with E-state index < -0.39 is 0 Å². The highest BCUT2D eigenvalue weighted by Gasteiger charge is 2.10. The van der Waals surface area contributed by atoms with Crippen molar-refractivity contribution in [3.63, 3.8) is 0 Å². The van der Waals surface area contributed by atoms with Gasteiger partial charge in [-0.05, 0) is 49.2 Å². The standard InChI is InChI=1S/C18H16ClNO/c1-11-9-13(20)10-12(2)18(11)21-17-8-7-16(19)14-5-3-4-6-15(14)17/h3-10H,20H2,1-2H3. The number of aryl methyl sites for hydroxylation is 2. The number of hydrogen-bond acceptors (Lipinski definition) is 2. The van der Waals surface area contributed by atoms with E-state index in [9.17, 15) is 0 Å². The van der Waals surface area contributed by atoms with Crippen molar-refractivity contribution in [3.05, 3.63) is 64.7 Å². The Kier molecular flexibility index (Phi) is 3.48. The number of ether oxygens (including phenoxy) is 1. The molecule has 0 fully saturated rings. The van der Waals surface area contributed by atoms with E-state index in [1.54, 1.807) is 0 Å². The van der Waals surface area contributed by atoms with Gasteiger partial charge in [0.2, 0.25) is 0 Å². The van der Waals surface area contributed by atoms with Crippen molar-refractivity contribution in [2.24, 2.45) is 0 Å². The molecule has 0 radical (unpaired) electrons. The largest absolute Gasteiger partial charge is 0.456 e. The van der Waals surface area contributed by atoms with E-state index in [2.05, 4.69) is 0 Å². The number of fused-ring (bicyclic) bond motifs is 1. The molecule has 106 valence electrons. The van der Waals surface area contributed by atoms with Gasteiger partial charge in [0.15, 0.2) is 0 Å². The van der Waals surface area contributed by atoms with Crippen LogP contribution in [0.2, 0.25) is 5.02 Å². The lowest BCUT2D eigenvalue weighted by molar-refractivity contribution is 0.481. The van der Waals surface area contributed by atoms with Crippen LogP contribution in [-0.4, -0.2) is 0 Å². The molecule has 0 aliphatic heterocycles. The first kappa shape index (κ1) is 13.8. The summed E-state index contributed by atoms with van der Waals surface area (Å²) in [4.78, 5) is 0. The molecule has 0 aromatic heterocycles. The molecule has 2 N–H and O–H groups in total. The quantitative estimate of drug-likeness (QED) is 0.635. The fraction of sp³-hybridized carbons (Fsp3) is 0.111. The maximum Gasteiger partial charge on any atom is 0.135 e. The van der Waals surface area contributed by atoms with Crippen LogP contribution >= 0.6 is 11.6 Å². The van der Waals surface area contributed by atoms with Crippen LogP contribution in [0.1, 0.15) is 11.1 Å². The molecule has 3 rings (SSSR count). The van der Waals surface area contributed by atoms with Crippen LogP contribution < -0.4 is 10.5 Å². The summed E-state index contributed by atoms with van der Waals surface area (Å²) in [6.45, 7) is 3.99. The van der Waals surface area contributed by atoms with E-state index in [0.29, 0.717) is 0 Å². The lowest BCUT2D eigenvalue weighted by atomic mass is 10.1. The molecule has 0 spiro atoms. The normalized spacial score (nSPS) is 10.8. The minimum atomic E-state index is 0.726. The Morgan fingerprint density at radius 2 is 1.52 bits per heavy atom. The van der Waals surface area contributed by atoms with Gasteiger partial charge in [0.05, 0.1) is 0 Å². The van der Waals surface area contributed by atoms with E-state index in [1.165, 1.54) is 0 Å². The molecule has 0 aliphatic carbocycles. The third-order valence-electron chi connectivity index (χ3n) is 3.53. The highest BCUT2D eigenvalue weighted by molar-refractivity contribution is 6.35. The molecule has 0 heterocycles. The molecular formula is C18H16ClNO. The Morgan fingerprint density at radius 3 is 2.19 bits per heavy atom. The zero-order chi connectivity index (χ0) is 15.0. The second kappa shape index (κ2) is 5.30. The van der Waals surface area contributed by atoms with E-state index in [-0.39, 0.29) is 0 Å². The third-order valence-corrected chi connectivity index (χ3v) is 3.86. The van der Waals surface area contributed by atoms with E-state index in [1.807, 2.05) is 62.4 Å². The number of nitrogen functional groups attached to an aromatic ring is 1. The fourth-order valence-electron chi connectivity index (χ4n) is 2.58. The van der Waals surface area contributed by atoms with Crippen LogP contribution in [0.25, 0.3) is 10.8 Å². The number of benzene rings is 3. The van der Waals surface area contributed by atoms with Crippen LogP contribution in [0, 0.1) is 13.8 Å². The molecule has 0 aliphatic rings. The van der Waals surface area contributed by atoms with Crippen molar-refractivity contribution in [3.8, 4) is 11.5 Å². The third kappa shape index (κ3) is 2.55. The summed E-state index contributed by atoms with van der Waals surface area (Å²) >= 11 is 6.24. The first-order valence-corrected chi connectivity index (χ1v) is 7.16. The van der Waals surface area contributed by atoms with Crippen molar-refractivity contribution >= 4 is 28.1 Å². The minimum Gasteiger partial charge on any atom is -0.456 e. The lowest BCUT2D eigenvalue weighted by Crippen LogP contribution is -1.95. The first-order chi connectivity index (χ1) is 10.1. The summed E-state index contributed by atoms with van der Waals surface area (Å²) < 4.78 is 6.15. The molecule has 21 heavy (non-hydrogen) atoms. The monoisotopic (exact) mass is 297 g/mol. The van der Waals surface area contributed by atoms with Crippen LogP contribution in [0.4, 0.5) is 5.69 Å². The second-order valence-electron chi connectivity index (χ2n) is 5.18. The fourth-order valence-corrected chi connectivity index (χ4v) is 2.81. The maximum atomic E-state index is 6.24. The number of hydrogen-bond donors (Lipinski definition) is 1. The van der Waals surface area contributed by atoms with Crippen molar-refractivity contribution in [1.82, 2.24) is 0 Å². The Bertz CT molecular complexity index is 804. The molecule has 2 nitrogen and oxygen atoms in total. The van der Waals surface area contributed by atoms with Gasteiger partial charge in [-0.1, -0.05) is 35.9 Å². The SMILES string of the molecule is Cc1cc(N)cc(C)c1Oc1ccc(Cl)c2ccccc12. The number of nitrogens with two attached hydrogens (primary N) is 1. The molecule has 0 amide bonds. The highest BCUT2D eigenvalue weighted by atomic mass is 35.5. The molecule has 0 atom stereocenters. The van der Waals surface area contributed by atoms with Crippen LogP contribution in [0.15, 0.2) is 48.5 Å². The van der Waals surface area contributed by atoms with Gasteiger partial charge in [-0.2, -0.15) is 0 Å². The average Bonchev–Trinajstić information content (AvgIpc) is 2.45. The van der Waals surface area contributed by atoms with Crippen molar-refractivity contribution in [1.29, 1.82) is 0 Å². The summed E-state index contributed by atoms with van der Waals surface area (Å²) in [5.74, 6) is 1.64. The van der Waals surface area contributed by atoms with Gasteiger partial charge in [0.25, 0.3) is 0 Å². The predicted octanol–water partition coefficient (Wildman–Crippen LogP) is 5.48.